The second kappa shape index (κ2) is 8.87. The highest BCUT2D eigenvalue weighted by molar-refractivity contribution is 6.36. The number of nitrogens with one attached hydrogen (secondary N) is 2. The first kappa shape index (κ1) is 20.0. The van der Waals surface area contributed by atoms with Crippen molar-refractivity contribution in [2.75, 3.05) is 13.7 Å². The Balaban J connectivity index is 1.91. The van der Waals surface area contributed by atoms with E-state index in [1.807, 2.05) is 0 Å². The molecule has 0 aromatic heterocycles. The Hall–Kier alpha value is -2.31. The van der Waals surface area contributed by atoms with Gasteiger partial charge in [-0.05, 0) is 42.8 Å². The van der Waals surface area contributed by atoms with E-state index in [1.165, 1.54) is 37.4 Å². The number of carbonyl (C=O) groups excluding carboxylic acids is 2. The largest absolute Gasteiger partial charge is 0.494 e. The predicted octanol–water partition coefficient (Wildman–Crippen LogP) is 3.75. The molecule has 8 heteroatoms. The first-order valence-electron chi connectivity index (χ1n) is 7.68. The fourth-order valence-electron chi connectivity index (χ4n) is 2.26. The summed E-state index contributed by atoms with van der Waals surface area (Å²) in [6.07, 6.45) is 0. The summed E-state index contributed by atoms with van der Waals surface area (Å²) in [6, 6.07) is 8.42. The average molecular weight is 399 g/mol. The summed E-state index contributed by atoms with van der Waals surface area (Å²) >= 11 is 11.7. The summed E-state index contributed by atoms with van der Waals surface area (Å²) in [5.41, 5.74) is 0.790. The van der Waals surface area contributed by atoms with Crippen molar-refractivity contribution in [2.45, 2.75) is 13.0 Å². The second-order valence-electron chi connectivity index (χ2n) is 5.49. The van der Waals surface area contributed by atoms with Crippen molar-refractivity contribution >= 4 is 35.0 Å². The number of ether oxygens (including phenoxy) is 1. The molecule has 0 aliphatic carbocycles. The molecular weight excluding hydrogens is 382 g/mol. The maximum Gasteiger partial charge on any atom is 0.253 e. The SMILES string of the molecule is COc1ccc([C@@H](C)NC(=O)CNC(=O)c2ccc(Cl)cc2Cl)cc1F. The van der Waals surface area contributed by atoms with Gasteiger partial charge >= 0.3 is 0 Å². The average Bonchev–Trinajstić information content (AvgIpc) is 2.59. The van der Waals surface area contributed by atoms with Gasteiger partial charge < -0.3 is 15.4 Å². The molecule has 2 N–H and O–H groups in total. The number of benzene rings is 2. The number of amides is 2. The molecule has 1 atom stereocenters. The molecular formula is C18H17Cl2FN2O3. The first-order valence-corrected chi connectivity index (χ1v) is 8.43. The summed E-state index contributed by atoms with van der Waals surface area (Å²) in [7, 11) is 1.37. The van der Waals surface area contributed by atoms with Gasteiger partial charge in [0.15, 0.2) is 11.6 Å². The molecule has 2 aromatic rings. The predicted molar refractivity (Wildman–Crippen MR) is 98.3 cm³/mol. The quantitative estimate of drug-likeness (QED) is 0.778. The van der Waals surface area contributed by atoms with Gasteiger partial charge in [0, 0.05) is 5.02 Å². The number of methoxy groups -OCH3 is 1. The molecule has 0 aliphatic rings. The van der Waals surface area contributed by atoms with Crippen LogP contribution in [0.1, 0.15) is 28.9 Å². The molecule has 0 bridgehead atoms. The van der Waals surface area contributed by atoms with E-state index in [2.05, 4.69) is 10.6 Å². The van der Waals surface area contributed by atoms with E-state index < -0.39 is 23.7 Å². The van der Waals surface area contributed by atoms with E-state index in [4.69, 9.17) is 27.9 Å². The second-order valence-corrected chi connectivity index (χ2v) is 6.33. The monoisotopic (exact) mass is 398 g/mol. The maximum absolute atomic E-state index is 13.7. The molecule has 0 aliphatic heterocycles. The number of halogens is 3. The lowest BCUT2D eigenvalue weighted by atomic mass is 10.1. The molecule has 0 fully saturated rings. The van der Waals surface area contributed by atoms with Crippen molar-refractivity contribution in [1.82, 2.24) is 10.6 Å². The molecule has 2 amide bonds. The molecule has 0 radical (unpaired) electrons. The van der Waals surface area contributed by atoms with E-state index in [0.29, 0.717) is 10.6 Å². The molecule has 5 nitrogen and oxygen atoms in total. The molecule has 0 unspecified atom stereocenters. The van der Waals surface area contributed by atoms with Crippen LogP contribution in [0.4, 0.5) is 4.39 Å². The van der Waals surface area contributed by atoms with Gasteiger partial charge in [-0.3, -0.25) is 9.59 Å². The Labute approximate surface area is 160 Å². The van der Waals surface area contributed by atoms with E-state index in [0.717, 1.165) is 0 Å². The van der Waals surface area contributed by atoms with Gasteiger partial charge in [0.2, 0.25) is 5.91 Å². The molecule has 138 valence electrons. The van der Waals surface area contributed by atoms with E-state index in [9.17, 15) is 14.0 Å². The summed E-state index contributed by atoms with van der Waals surface area (Å²) in [4.78, 5) is 24.1. The Bertz CT molecular complexity index is 830. The number of rotatable bonds is 6. The molecule has 0 spiro atoms. The summed E-state index contributed by atoms with van der Waals surface area (Å²) in [5.74, 6) is -1.31. The fourth-order valence-corrected chi connectivity index (χ4v) is 2.75. The normalized spacial score (nSPS) is 11.6. The van der Waals surface area contributed by atoms with Crippen LogP contribution in [0.5, 0.6) is 5.75 Å². The highest BCUT2D eigenvalue weighted by Gasteiger charge is 2.15. The Morgan fingerprint density at radius 1 is 1.19 bits per heavy atom. The van der Waals surface area contributed by atoms with Crippen LogP contribution >= 0.6 is 23.2 Å². The Morgan fingerprint density at radius 3 is 2.54 bits per heavy atom. The van der Waals surface area contributed by atoms with Gasteiger partial charge in [0.1, 0.15) is 0 Å². The highest BCUT2D eigenvalue weighted by Crippen LogP contribution is 2.22. The van der Waals surface area contributed by atoms with Gasteiger partial charge in [-0.25, -0.2) is 4.39 Å². The van der Waals surface area contributed by atoms with Gasteiger partial charge in [0.25, 0.3) is 5.91 Å². The smallest absolute Gasteiger partial charge is 0.253 e. The van der Waals surface area contributed by atoms with E-state index >= 15 is 0 Å². The van der Waals surface area contributed by atoms with Crippen molar-refractivity contribution in [3.05, 3.63) is 63.4 Å². The first-order chi connectivity index (χ1) is 12.3. The highest BCUT2D eigenvalue weighted by atomic mass is 35.5. The number of hydrogen-bond donors (Lipinski definition) is 2. The van der Waals surface area contributed by atoms with Crippen molar-refractivity contribution in [3.8, 4) is 5.75 Å². The standard InChI is InChI=1S/C18H17Cl2FN2O3/c1-10(11-3-6-16(26-2)15(21)7-11)23-17(24)9-22-18(25)13-5-4-12(19)8-14(13)20/h3-8,10H,9H2,1-2H3,(H,22,25)(H,23,24)/t10-/m1/s1. The Kier molecular flexibility index (Phi) is 6.83. The minimum atomic E-state index is -0.517. The minimum Gasteiger partial charge on any atom is -0.494 e. The topological polar surface area (TPSA) is 67.4 Å². The van der Waals surface area contributed by atoms with Crippen LogP contribution in [0.15, 0.2) is 36.4 Å². The maximum atomic E-state index is 13.7. The lowest BCUT2D eigenvalue weighted by molar-refractivity contribution is -0.120. The van der Waals surface area contributed by atoms with Crippen LogP contribution in [-0.2, 0) is 4.79 Å². The van der Waals surface area contributed by atoms with Crippen molar-refractivity contribution < 1.29 is 18.7 Å². The van der Waals surface area contributed by atoms with Crippen molar-refractivity contribution in [3.63, 3.8) is 0 Å². The third-order valence-corrected chi connectivity index (χ3v) is 4.19. The Morgan fingerprint density at radius 2 is 1.92 bits per heavy atom. The van der Waals surface area contributed by atoms with E-state index in [-0.39, 0.29) is 22.9 Å². The number of carbonyl (C=O) groups is 2. The van der Waals surface area contributed by atoms with Crippen molar-refractivity contribution in [2.24, 2.45) is 0 Å². The third kappa shape index (κ3) is 5.09. The summed E-state index contributed by atoms with van der Waals surface area (Å²) in [5, 5.41) is 5.75. The van der Waals surface area contributed by atoms with Gasteiger partial charge in [-0.2, -0.15) is 0 Å². The zero-order valence-corrected chi connectivity index (χ0v) is 15.6. The fraction of sp³-hybridized carbons (Fsp3) is 0.222. The minimum absolute atomic E-state index is 0.124. The van der Waals surface area contributed by atoms with Crippen LogP contribution in [0.2, 0.25) is 10.0 Å². The van der Waals surface area contributed by atoms with Crippen LogP contribution in [0.3, 0.4) is 0 Å². The lowest BCUT2D eigenvalue weighted by Crippen LogP contribution is -2.38. The van der Waals surface area contributed by atoms with Crippen molar-refractivity contribution in [1.29, 1.82) is 0 Å². The molecule has 0 saturated carbocycles. The van der Waals surface area contributed by atoms with Crippen LogP contribution < -0.4 is 15.4 Å². The zero-order valence-electron chi connectivity index (χ0n) is 14.1. The van der Waals surface area contributed by atoms with Gasteiger partial charge in [-0.1, -0.05) is 29.3 Å². The molecule has 0 saturated heterocycles. The summed E-state index contributed by atoms with van der Waals surface area (Å²) < 4.78 is 18.6. The number of hydrogen-bond acceptors (Lipinski definition) is 3. The molecule has 2 rings (SSSR count). The van der Waals surface area contributed by atoms with Crippen LogP contribution in [0, 0.1) is 5.82 Å². The van der Waals surface area contributed by atoms with Gasteiger partial charge in [0.05, 0.1) is 30.3 Å². The zero-order chi connectivity index (χ0) is 19.3. The summed E-state index contributed by atoms with van der Waals surface area (Å²) in [6.45, 7) is 1.46. The molecule has 0 heterocycles. The molecule has 2 aromatic carbocycles. The van der Waals surface area contributed by atoms with Gasteiger partial charge in [-0.15, -0.1) is 0 Å². The molecule has 26 heavy (non-hydrogen) atoms. The van der Waals surface area contributed by atoms with E-state index in [1.54, 1.807) is 13.0 Å². The lowest BCUT2D eigenvalue weighted by Gasteiger charge is -2.15. The third-order valence-electron chi connectivity index (χ3n) is 3.64. The van der Waals surface area contributed by atoms with Crippen LogP contribution in [0.25, 0.3) is 0 Å². The van der Waals surface area contributed by atoms with Crippen LogP contribution in [-0.4, -0.2) is 25.5 Å².